The molecule has 0 saturated heterocycles. The molecule has 2 N–H and O–H groups in total. The molecule has 1 aromatic carbocycles. The minimum absolute atomic E-state index is 0.0318. The summed E-state index contributed by atoms with van der Waals surface area (Å²) in [5.41, 5.74) is 1.51. The van der Waals surface area contributed by atoms with Crippen LogP contribution in [0.2, 0.25) is 0 Å². The molecule has 2 rings (SSSR count). The fourth-order valence-corrected chi connectivity index (χ4v) is 2.00. The van der Waals surface area contributed by atoms with Crippen molar-refractivity contribution in [3.05, 3.63) is 41.5 Å². The van der Waals surface area contributed by atoms with Crippen LogP contribution in [0.1, 0.15) is 35.7 Å². The van der Waals surface area contributed by atoms with Gasteiger partial charge in [0.05, 0.1) is 6.61 Å². The highest BCUT2D eigenvalue weighted by atomic mass is 16.5. The lowest BCUT2D eigenvalue weighted by molar-refractivity contribution is -0.117. The molecule has 1 atom stereocenters. The third-order valence-electron chi connectivity index (χ3n) is 3.32. The van der Waals surface area contributed by atoms with Gasteiger partial charge in [0.2, 0.25) is 5.91 Å². The van der Waals surface area contributed by atoms with Crippen molar-refractivity contribution in [3.63, 3.8) is 0 Å². The second kappa shape index (κ2) is 7.75. The Morgan fingerprint density at radius 2 is 2.00 bits per heavy atom. The molecule has 118 valence electrons. The summed E-state index contributed by atoms with van der Waals surface area (Å²) in [5.74, 6) is -0.204. The van der Waals surface area contributed by atoms with Crippen LogP contribution in [0.3, 0.4) is 0 Å². The molecule has 1 saturated carbocycles. The molecule has 1 unspecified atom stereocenters. The predicted molar refractivity (Wildman–Crippen MR) is 85.4 cm³/mol. The van der Waals surface area contributed by atoms with Gasteiger partial charge >= 0.3 is 0 Å². The molecular weight excluding hydrogens is 280 g/mol. The zero-order chi connectivity index (χ0) is 15.9. The number of benzene rings is 1. The Morgan fingerprint density at radius 1 is 1.32 bits per heavy atom. The van der Waals surface area contributed by atoms with Gasteiger partial charge in [-0.3, -0.25) is 9.59 Å². The van der Waals surface area contributed by atoms with Gasteiger partial charge in [0.15, 0.2) is 0 Å². The predicted octanol–water partition coefficient (Wildman–Crippen LogP) is 1.74. The number of nitrogens with one attached hydrogen (secondary N) is 2. The number of methoxy groups -OCH3 is 1. The number of carbonyl (C=O) groups excluding carboxylic acids is 2. The second-order valence-electron chi connectivity index (χ2n) is 5.57. The molecule has 0 aliphatic heterocycles. The van der Waals surface area contributed by atoms with Crippen molar-refractivity contribution in [2.45, 2.75) is 31.8 Å². The van der Waals surface area contributed by atoms with E-state index in [1.54, 1.807) is 25.3 Å². The van der Waals surface area contributed by atoms with Crippen LogP contribution in [0, 0.1) is 0 Å². The Balaban J connectivity index is 1.85. The molecule has 0 bridgehead atoms. The second-order valence-corrected chi connectivity index (χ2v) is 5.57. The zero-order valence-corrected chi connectivity index (χ0v) is 13.0. The maximum Gasteiger partial charge on any atom is 0.251 e. The van der Waals surface area contributed by atoms with Crippen LogP contribution in [-0.2, 0) is 9.53 Å². The van der Waals surface area contributed by atoms with Gasteiger partial charge in [0, 0.05) is 30.8 Å². The lowest BCUT2D eigenvalue weighted by Crippen LogP contribution is -2.34. The van der Waals surface area contributed by atoms with Gasteiger partial charge in [-0.05, 0) is 43.5 Å². The average molecular weight is 302 g/mol. The van der Waals surface area contributed by atoms with Crippen molar-refractivity contribution in [2.75, 3.05) is 13.7 Å². The van der Waals surface area contributed by atoms with Crippen LogP contribution in [0.5, 0.6) is 0 Å². The summed E-state index contributed by atoms with van der Waals surface area (Å²) in [4.78, 5) is 23.5. The number of carbonyl (C=O) groups is 2. The van der Waals surface area contributed by atoms with Crippen LogP contribution in [0.15, 0.2) is 30.3 Å². The van der Waals surface area contributed by atoms with Crippen LogP contribution < -0.4 is 10.6 Å². The molecule has 5 heteroatoms. The molecule has 2 amide bonds. The first-order valence-electron chi connectivity index (χ1n) is 7.47. The third kappa shape index (κ3) is 5.33. The van der Waals surface area contributed by atoms with E-state index in [9.17, 15) is 9.59 Å². The van der Waals surface area contributed by atoms with Gasteiger partial charge in [0.1, 0.15) is 0 Å². The SMILES string of the molecule is COCC(C)NC(=O)C=Cc1ccc(C(=O)NC2CC2)cc1. The van der Waals surface area contributed by atoms with Crippen molar-refractivity contribution in [1.29, 1.82) is 0 Å². The minimum Gasteiger partial charge on any atom is -0.383 e. The molecule has 0 aromatic heterocycles. The minimum atomic E-state index is -0.167. The van der Waals surface area contributed by atoms with E-state index in [1.807, 2.05) is 19.1 Å². The molecule has 1 fully saturated rings. The fourth-order valence-electron chi connectivity index (χ4n) is 2.00. The lowest BCUT2D eigenvalue weighted by Gasteiger charge is -2.10. The normalized spacial score (nSPS) is 15.5. The summed E-state index contributed by atoms with van der Waals surface area (Å²) in [6, 6.07) is 7.50. The molecule has 0 spiro atoms. The van der Waals surface area contributed by atoms with E-state index in [0.29, 0.717) is 18.2 Å². The molecule has 5 nitrogen and oxygen atoms in total. The Labute approximate surface area is 130 Å². The van der Waals surface area contributed by atoms with E-state index in [4.69, 9.17) is 4.74 Å². The molecular formula is C17H22N2O3. The standard InChI is InChI=1S/C17H22N2O3/c1-12(11-22-2)18-16(20)10-5-13-3-6-14(7-4-13)17(21)19-15-8-9-15/h3-7,10,12,15H,8-9,11H2,1-2H3,(H,18,20)(H,19,21). The largest absolute Gasteiger partial charge is 0.383 e. The van der Waals surface area contributed by atoms with E-state index in [-0.39, 0.29) is 17.9 Å². The quantitative estimate of drug-likeness (QED) is 0.754. The van der Waals surface area contributed by atoms with Crippen LogP contribution in [0.25, 0.3) is 6.08 Å². The summed E-state index contributed by atoms with van der Waals surface area (Å²) in [6.07, 6.45) is 5.34. The van der Waals surface area contributed by atoms with Crippen molar-refractivity contribution in [1.82, 2.24) is 10.6 Å². The van der Waals surface area contributed by atoms with E-state index in [1.165, 1.54) is 6.08 Å². The Hall–Kier alpha value is -2.14. The van der Waals surface area contributed by atoms with E-state index >= 15 is 0 Å². The number of ether oxygens (including phenoxy) is 1. The van der Waals surface area contributed by atoms with Gasteiger partial charge in [-0.25, -0.2) is 0 Å². The van der Waals surface area contributed by atoms with Gasteiger partial charge < -0.3 is 15.4 Å². The number of amides is 2. The Morgan fingerprint density at radius 3 is 2.59 bits per heavy atom. The summed E-state index contributed by atoms with van der Waals surface area (Å²) in [7, 11) is 1.60. The fraction of sp³-hybridized carbons (Fsp3) is 0.412. The first-order chi connectivity index (χ1) is 10.6. The topological polar surface area (TPSA) is 67.4 Å². The maximum atomic E-state index is 11.9. The highest BCUT2D eigenvalue weighted by molar-refractivity contribution is 5.95. The molecule has 1 aliphatic carbocycles. The smallest absolute Gasteiger partial charge is 0.251 e. The van der Waals surface area contributed by atoms with Crippen LogP contribution in [0.4, 0.5) is 0 Å². The van der Waals surface area contributed by atoms with Crippen molar-refractivity contribution in [3.8, 4) is 0 Å². The van der Waals surface area contributed by atoms with Crippen LogP contribution in [-0.4, -0.2) is 37.6 Å². The highest BCUT2D eigenvalue weighted by Crippen LogP contribution is 2.19. The molecule has 1 aliphatic rings. The van der Waals surface area contributed by atoms with E-state index in [2.05, 4.69) is 10.6 Å². The molecule has 1 aromatic rings. The number of rotatable bonds is 7. The maximum absolute atomic E-state index is 11.9. The van der Waals surface area contributed by atoms with Gasteiger partial charge in [-0.1, -0.05) is 12.1 Å². The highest BCUT2D eigenvalue weighted by Gasteiger charge is 2.23. The summed E-state index contributed by atoms with van der Waals surface area (Å²) in [6.45, 7) is 2.35. The van der Waals surface area contributed by atoms with Gasteiger partial charge in [-0.15, -0.1) is 0 Å². The summed E-state index contributed by atoms with van der Waals surface area (Å²) in [5, 5.41) is 5.73. The van der Waals surface area contributed by atoms with E-state index < -0.39 is 0 Å². The Bertz CT molecular complexity index is 548. The van der Waals surface area contributed by atoms with Gasteiger partial charge in [-0.2, -0.15) is 0 Å². The first kappa shape index (κ1) is 16.2. The van der Waals surface area contributed by atoms with Gasteiger partial charge in [0.25, 0.3) is 5.91 Å². The summed E-state index contributed by atoms with van der Waals surface area (Å²) < 4.78 is 4.96. The third-order valence-corrected chi connectivity index (χ3v) is 3.32. The van der Waals surface area contributed by atoms with Crippen molar-refractivity contribution in [2.24, 2.45) is 0 Å². The van der Waals surface area contributed by atoms with Crippen molar-refractivity contribution >= 4 is 17.9 Å². The molecule has 0 heterocycles. The first-order valence-corrected chi connectivity index (χ1v) is 7.47. The average Bonchev–Trinajstić information content (AvgIpc) is 3.30. The van der Waals surface area contributed by atoms with E-state index in [0.717, 1.165) is 18.4 Å². The number of hydrogen-bond acceptors (Lipinski definition) is 3. The van der Waals surface area contributed by atoms with Crippen molar-refractivity contribution < 1.29 is 14.3 Å². The Kier molecular flexibility index (Phi) is 5.72. The lowest BCUT2D eigenvalue weighted by atomic mass is 10.1. The molecule has 0 radical (unpaired) electrons. The monoisotopic (exact) mass is 302 g/mol. The number of hydrogen-bond donors (Lipinski definition) is 2. The van der Waals surface area contributed by atoms with Crippen LogP contribution >= 0.6 is 0 Å². The summed E-state index contributed by atoms with van der Waals surface area (Å²) >= 11 is 0. The zero-order valence-electron chi connectivity index (χ0n) is 13.0. The molecule has 22 heavy (non-hydrogen) atoms.